The van der Waals surface area contributed by atoms with Gasteiger partial charge >= 0.3 is 0 Å². The molecule has 1 aliphatic heterocycles. The van der Waals surface area contributed by atoms with Crippen LogP contribution in [0.5, 0.6) is 11.5 Å². The summed E-state index contributed by atoms with van der Waals surface area (Å²) in [7, 11) is 3.13. The second-order valence-electron chi connectivity index (χ2n) is 7.10. The van der Waals surface area contributed by atoms with Crippen LogP contribution in [0.3, 0.4) is 0 Å². The molecule has 1 unspecified atom stereocenters. The first-order chi connectivity index (χ1) is 12.5. The van der Waals surface area contributed by atoms with Crippen molar-refractivity contribution in [2.45, 2.75) is 44.2 Å². The summed E-state index contributed by atoms with van der Waals surface area (Å²) in [5.74, 6) is 0.773. The fraction of sp³-hybridized carbons (Fsp3) is 0.579. The summed E-state index contributed by atoms with van der Waals surface area (Å²) >= 11 is 0. The number of nitrogens with zero attached hydrogens (tertiary/aromatic N) is 1. The third-order valence-corrected chi connectivity index (χ3v) is 5.26. The highest BCUT2D eigenvalue weighted by atomic mass is 16.5. The van der Waals surface area contributed by atoms with E-state index in [9.17, 15) is 9.59 Å². The molecule has 26 heavy (non-hydrogen) atoms. The van der Waals surface area contributed by atoms with Crippen molar-refractivity contribution >= 4 is 17.5 Å². The first-order valence-electron chi connectivity index (χ1n) is 9.09. The van der Waals surface area contributed by atoms with Gasteiger partial charge in [0.15, 0.2) is 0 Å². The van der Waals surface area contributed by atoms with Crippen molar-refractivity contribution in [3.63, 3.8) is 0 Å². The van der Waals surface area contributed by atoms with Gasteiger partial charge in [-0.05, 0) is 25.7 Å². The lowest BCUT2D eigenvalue weighted by molar-refractivity contribution is -0.127. The fourth-order valence-corrected chi connectivity index (χ4v) is 3.66. The van der Waals surface area contributed by atoms with E-state index in [0.29, 0.717) is 23.7 Å². The quantitative estimate of drug-likeness (QED) is 0.828. The zero-order valence-corrected chi connectivity index (χ0v) is 15.4. The second kappa shape index (κ2) is 7.95. The van der Waals surface area contributed by atoms with E-state index in [-0.39, 0.29) is 36.2 Å². The number of amides is 2. The van der Waals surface area contributed by atoms with Crippen molar-refractivity contribution in [3.8, 4) is 11.5 Å². The Balaban J connectivity index is 1.66. The topological polar surface area (TPSA) is 93.9 Å². The molecule has 1 aromatic carbocycles. The lowest BCUT2D eigenvalue weighted by Gasteiger charge is -2.27. The Hall–Kier alpha value is -2.28. The van der Waals surface area contributed by atoms with Gasteiger partial charge in [-0.15, -0.1) is 0 Å². The third-order valence-electron chi connectivity index (χ3n) is 5.26. The van der Waals surface area contributed by atoms with E-state index >= 15 is 0 Å². The van der Waals surface area contributed by atoms with E-state index in [4.69, 9.17) is 15.2 Å². The molecule has 1 atom stereocenters. The predicted octanol–water partition coefficient (Wildman–Crippen LogP) is 1.44. The molecule has 0 aromatic heterocycles. The molecule has 2 aliphatic rings. The molecular formula is C19H27N3O4. The highest BCUT2D eigenvalue weighted by Gasteiger charge is 2.36. The van der Waals surface area contributed by atoms with E-state index in [1.165, 1.54) is 0 Å². The first-order valence-corrected chi connectivity index (χ1v) is 9.09. The summed E-state index contributed by atoms with van der Waals surface area (Å²) in [4.78, 5) is 26.7. The highest BCUT2D eigenvalue weighted by Crippen LogP contribution is 2.32. The maximum atomic E-state index is 12.6. The molecule has 1 saturated heterocycles. The molecule has 7 nitrogen and oxygen atoms in total. The van der Waals surface area contributed by atoms with Crippen LogP contribution < -0.4 is 25.4 Å². The minimum absolute atomic E-state index is 0.0452. The molecular weight excluding hydrogens is 334 g/mol. The van der Waals surface area contributed by atoms with Gasteiger partial charge in [0.2, 0.25) is 11.8 Å². The van der Waals surface area contributed by atoms with Crippen LogP contribution in [0, 0.1) is 5.92 Å². The van der Waals surface area contributed by atoms with Crippen LogP contribution in [0.25, 0.3) is 0 Å². The van der Waals surface area contributed by atoms with Gasteiger partial charge in [0.25, 0.3) is 0 Å². The van der Waals surface area contributed by atoms with Gasteiger partial charge in [0.05, 0.1) is 25.8 Å². The van der Waals surface area contributed by atoms with Gasteiger partial charge in [-0.3, -0.25) is 9.59 Å². The molecule has 1 heterocycles. The number of hydrogen-bond acceptors (Lipinski definition) is 5. The molecule has 7 heteroatoms. The minimum atomic E-state index is -0.338. The van der Waals surface area contributed by atoms with E-state index < -0.39 is 0 Å². The number of ether oxygens (including phenoxy) is 2. The smallest absolute Gasteiger partial charge is 0.227 e. The number of carbonyl (C=O) groups excluding carboxylic acids is 2. The Labute approximate surface area is 153 Å². The van der Waals surface area contributed by atoms with E-state index in [2.05, 4.69) is 5.32 Å². The lowest BCUT2D eigenvalue weighted by Crippen LogP contribution is -2.43. The zero-order chi connectivity index (χ0) is 18.7. The van der Waals surface area contributed by atoms with Crippen LogP contribution in [-0.2, 0) is 9.59 Å². The summed E-state index contributed by atoms with van der Waals surface area (Å²) in [6.07, 6.45) is 3.90. The number of nitrogens with two attached hydrogens (primary N) is 1. The van der Waals surface area contributed by atoms with Crippen LogP contribution in [-0.4, -0.2) is 44.7 Å². The van der Waals surface area contributed by atoms with Gasteiger partial charge in [-0.2, -0.15) is 0 Å². The molecule has 3 rings (SSSR count). The Morgan fingerprint density at radius 1 is 1.12 bits per heavy atom. The maximum absolute atomic E-state index is 12.6. The summed E-state index contributed by atoms with van der Waals surface area (Å²) in [5.41, 5.74) is 6.60. The van der Waals surface area contributed by atoms with E-state index in [1.807, 2.05) is 0 Å². The van der Waals surface area contributed by atoms with Crippen LogP contribution >= 0.6 is 0 Å². The van der Waals surface area contributed by atoms with Crippen molar-refractivity contribution in [2.24, 2.45) is 11.7 Å². The molecule has 3 N–H and O–H groups in total. The Morgan fingerprint density at radius 2 is 1.73 bits per heavy atom. The van der Waals surface area contributed by atoms with Gasteiger partial charge in [0.1, 0.15) is 11.5 Å². The lowest BCUT2D eigenvalue weighted by atomic mass is 9.91. The zero-order valence-electron chi connectivity index (χ0n) is 15.4. The standard InChI is InChI=1S/C19H27N3O4/c1-25-16-8-15(9-17(10-16)26-2)22-11-12(7-18(22)23)19(24)21-14-5-3-13(20)4-6-14/h8-10,12-14H,3-7,11,20H2,1-2H3,(H,21,24). The number of nitrogens with one attached hydrogen (secondary N) is 1. The molecule has 142 valence electrons. The predicted molar refractivity (Wildman–Crippen MR) is 98.4 cm³/mol. The molecule has 2 amide bonds. The number of hydrogen-bond donors (Lipinski definition) is 2. The fourth-order valence-electron chi connectivity index (χ4n) is 3.66. The molecule has 1 saturated carbocycles. The largest absolute Gasteiger partial charge is 0.497 e. The van der Waals surface area contributed by atoms with Gasteiger partial charge in [-0.25, -0.2) is 0 Å². The summed E-state index contributed by atoms with van der Waals surface area (Å²) in [5, 5.41) is 3.10. The van der Waals surface area contributed by atoms with E-state index in [1.54, 1.807) is 37.3 Å². The number of rotatable bonds is 5. The van der Waals surface area contributed by atoms with Crippen molar-refractivity contribution in [1.82, 2.24) is 5.32 Å². The highest BCUT2D eigenvalue weighted by molar-refractivity contribution is 6.00. The second-order valence-corrected chi connectivity index (χ2v) is 7.10. The monoisotopic (exact) mass is 361 g/mol. The van der Waals surface area contributed by atoms with Crippen molar-refractivity contribution in [1.29, 1.82) is 0 Å². The average Bonchev–Trinajstić information content (AvgIpc) is 3.05. The van der Waals surface area contributed by atoms with Crippen LogP contribution in [0.4, 0.5) is 5.69 Å². The molecule has 0 spiro atoms. The van der Waals surface area contributed by atoms with Gasteiger partial charge in [-0.1, -0.05) is 0 Å². The van der Waals surface area contributed by atoms with Gasteiger partial charge < -0.3 is 25.4 Å². The van der Waals surface area contributed by atoms with Crippen molar-refractivity contribution in [3.05, 3.63) is 18.2 Å². The number of methoxy groups -OCH3 is 2. The molecule has 1 aromatic rings. The Kier molecular flexibility index (Phi) is 5.66. The number of carbonyl (C=O) groups is 2. The Bertz CT molecular complexity index is 648. The van der Waals surface area contributed by atoms with Crippen molar-refractivity contribution in [2.75, 3.05) is 25.7 Å². The summed E-state index contributed by atoms with van der Waals surface area (Å²) in [6.45, 7) is 0.368. The molecule has 0 radical (unpaired) electrons. The SMILES string of the molecule is COc1cc(OC)cc(N2CC(C(=O)NC3CCC(N)CC3)CC2=O)c1. The normalized spacial score (nSPS) is 25.9. The Morgan fingerprint density at radius 3 is 2.31 bits per heavy atom. The summed E-state index contributed by atoms with van der Waals surface area (Å²) in [6, 6.07) is 5.73. The van der Waals surface area contributed by atoms with Crippen molar-refractivity contribution < 1.29 is 19.1 Å². The number of anilines is 1. The molecule has 2 fully saturated rings. The minimum Gasteiger partial charge on any atom is -0.497 e. The molecule has 1 aliphatic carbocycles. The number of benzene rings is 1. The summed E-state index contributed by atoms with van der Waals surface area (Å²) < 4.78 is 10.5. The average molecular weight is 361 g/mol. The molecule has 0 bridgehead atoms. The van der Waals surface area contributed by atoms with Crippen LogP contribution in [0.2, 0.25) is 0 Å². The van der Waals surface area contributed by atoms with Crippen LogP contribution in [0.15, 0.2) is 18.2 Å². The van der Waals surface area contributed by atoms with Gasteiger partial charge in [0, 0.05) is 43.2 Å². The van der Waals surface area contributed by atoms with Crippen LogP contribution in [0.1, 0.15) is 32.1 Å². The van der Waals surface area contributed by atoms with E-state index in [0.717, 1.165) is 25.7 Å². The third kappa shape index (κ3) is 4.09. The first kappa shape index (κ1) is 18.5. The maximum Gasteiger partial charge on any atom is 0.227 e.